The molecule has 1 aromatic carbocycles. The van der Waals surface area contributed by atoms with Crippen molar-refractivity contribution in [1.82, 2.24) is 31.2 Å². The van der Waals surface area contributed by atoms with Gasteiger partial charge in [-0.2, -0.15) is 22.4 Å². The number of thioether (sulfide) groups is 1. The van der Waals surface area contributed by atoms with Gasteiger partial charge in [0.05, 0.1) is 12.3 Å². The molecule has 2 heterocycles. The number of carbonyl (C=O) groups is 1. The maximum Gasteiger partial charge on any atom is 0.340 e. The normalized spacial score (nSPS) is 14.4. The SMILES string of the molecule is O=C1CN(CCS(=O)(=O)Cl)NN1.O=c1[nH]nc(CCSCc2ccccc2)[nH]1. The van der Waals surface area contributed by atoms with Gasteiger partial charge in [0.15, 0.2) is 0 Å². The first-order valence-corrected chi connectivity index (χ1v) is 11.9. The van der Waals surface area contributed by atoms with E-state index in [1.54, 1.807) is 0 Å². The van der Waals surface area contributed by atoms with E-state index in [1.807, 2.05) is 30.0 Å². The number of aromatic amines is 2. The number of rotatable bonds is 8. The average Bonchev–Trinajstić information content (AvgIpc) is 3.26. The highest BCUT2D eigenvalue weighted by atomic mass is 35.7. The summed E-state index contributed by atoms with van der Waals surface area (Å²) in [6.07, 6.45) is 0.788. The predicted octanol–water partition coefficient (Wildman–Crippen LogP) is -0.0197. The highest BCUT2D eigenvalue weighted by molar-refractivity contribution is 8.13. The van der Waals surface area contributed by atoms with Crippen LogP contribution in [0.25, 0.3) is 0 Å². The zero-order chi connectivity index (χ0) is 20.4. The third kappa shape index (κ3) is 9.37. The van der Waals surface area contributed by atoms with Crippen LogP contribution < -0.4 is 16.7 Å². The number of H-pyrrole nitrogens is 2. The molecule has 0 bridgehead atoms. The van der Waals surface area contributed by atoms with Crippen LogP contribution in [0.2, 0.25) is 0 Å². The van der Waals surface area contributed by atoms with E-state index in [9.17, 15) is 18.0 Å². The largest absolute Gasteiger partial charge is 0.340 e. The van der Waals surface area contributed by atoms with Gasteiger partial charge in [-0.05, 0) is 5.56 Å². The number of hydrogen-bond donors (Lipinski definition) is 4. The number of aryl methyl sites for hydroxylation is 1. The summed E-state index contributed by atoms with van der Waals surface area (Å²) >= 11 is 1.83. The third-order valence-electron chi connectivity index (χ3n) is 3.44. The smallest absolute Gasteiger partial charge is 0.293 e. The van der Waals surface area contributed by atoms with Gasteiger partial charge in [-0.25, -0.2) is 23.3 Å². The molecular weight excluding hydrogens is 428 g/mol. The molecule has 10 nitrogen and oxygen atoms in total. The third-order valence-corrected chi connectivity index (χ3v) is 5.60. The van der Waals surface area contributed by atoms with Crippen molar-refractivity contribution in [3.05, 3.63) is 52.2 Å². The minimum absolute atomic E-state index is 0.145. The fourth-order valence-corrected chi connectivity index (χ4v) is 3.66. The van der Waals surface area contributed by atoms with Gasteiger partial charge in [0.1, 0.15) is 5.82 Å². The van der Waals surface area contributed by atoms with Gasteiger partial charge in [-0.3, -0.25) is 15.2 Å². The Bertz CT molecular complexity index is 903. The molecular formula is C15H21ClN6O4S2. The van der Waals surface area contributed by atoms with Gasteiger partial charge in [0, 0.05) is 35.2 Å². The lowest BCUT2D eigenvalue weighted by Crippen LogP contribution is -2.38. The first-order valence-electron chi connectivity index (χ1n) is 8.29. The molecule has 13 heteroatoms. The topological polar surface area (TPSA) is 140 Å². The van der Waals surface area contributed by atoms with Crippen LogP contribution >= 0.6 is 22.4 Å². The summed E-state index contributed by atoms with van der Waals surface area (Å²) in [6.45, 7) is 0.330. The molecule has 1 aliphatic heterocycles. The van der Waals surface area contributed by atoms with Gasteiger partial charge < -0.3 is 0 Å². The molecule has 1 aromatic heterocycles. The van der Waals surface area contributed by atoms with Crippen molar-refractivity contribution < 1.29 is 13.2 Å². The van der Waals surface area contributed by atoms with Crippen LogP contribution in [0.3, 0.4) is 0 Å². The maximum atomic E-state index is 10.8. The summed E-state index contributed by atoms with van der Waals surface area (Å²) in [5.41, 5.74) is 5.88. The first-order chi connectivity index (χ1) is 13.3. The van der Waals surface area contributed by atoms with Gasteiger partial charge in [-0.1, -0.05) is 30.3 Å². The Balaban J connectivity index is 0.000000209. The number of amides is 1. The fourth-order valence-electron chi connectivity index (χ4n) is 2.10. The molecule has 0 unspecified atom stereocenters. The van der Waals surface area contributed by atoms with E-state index in [4.69, 9.17) is 10.7 Å². The van der Waals surface area contributed by atoms with E-state index in [-0.39, 0.29) is 30.4 Å². The number of benzene rings is 1. The number of nitrogens with zero attached hydrogens (tertiary/aromatic N) is 2. The molecule has 1 amide bonds. The van der Waals surface area contributed by atoms with E-state index in [1.165, 1.54) is 10.6 Å². The Morgan fingerprint density at radius 2 is 1.96 bits per heavy atom. The molecule has 4 N–H and O–H groups in total. The van der Waals surface area contributed by atoms with Crippen LogP contribution in [0.4, 0.5) is 0 Å². The lowest BCUT2D eigenvalue weighted by atomic mass is 10.2. The Labute approximate surface area is 170 Å². The summed E-state index contributed by atoms with van der Waals surface area (Å²) in [5, 5.41) is 7.64. The minimum Gasteiger partial charge on any atom is -0.293 e. The highest BCUT2D eigenvalue weighted by Crippen LogP contribution is 2.12. The van der Waals surface area contributed by atoms with Crippen molar-refractivity contribution in [3.8, 4) is 0 Å². The Hall–Kier alpha value is -1.86. The van der Waals surface area contributed by atoms with Gasteiger partial charge in [0.2, 0.25) is 9.05 Å². The standard InChI is InChI=1S/C11H13N3OS.C4H8ClN3O3S/c15-11-12-10(13-14-11)6-7-16-8-9-4-2-1-3-5-9;5-12(10,11)2-1-8-3-4(9)6-7-8/h1-5H,6-8H2,(H2,12,13,14,15);7H,1-3H2,(H,6,9). The summed E-state index contributed by atoms with van der Waals surface area (Å²) in [4.78, 5) is 24.0. The van der Waals surface area contributed by atoms with Crippen LogP contribution in [0.1, 0.15) is 11.4 Å². The monoisotopic (exact) mass is 448 g/mol. The molecule has 0 atom stereocenters. The molecule has 0 spiro atoms. The molecule has 2 aromatic rings. The first kappa shape index (κ1) is 22.4. The van der Waals surface area contributed by atoms with Crippen molar-refractivity contribution in [3.63, 3.8) is 0 Å². The zero-order valence-electron chi connectivity index (χ0n) is 14.9. The van der Waals surface area contributed by atoms with Crippen LogP contribution in [0.5, 0.6) is 0 Å². The Morgan fingerprint density at radius 3 is 2.54 bits per heavy atom. The molecule has 0 aliphatic carbocycles. The summed E-state index contributed by atoms with van der Waals surface area (Å²) in [6, 6.07) is 10.3. The summed E-state index contributed by atoms with van der Waals surface area (Å²) < 4.78 is 21.0. The number of carbonyl (C=O) groups excluding carboxylic acids is 1. The van der Waals surface area contributed by atoms with Gasteiger partial charge in [-0.15, -0.1) is 0 Å². The van der Waals surface area contributed by atoms with Crippen LogP contribution in [0.15, 0.2) is 35.1 Å². The molecule has 0 saturated carbocycles. The highest BCUT2D eigenvalue weighted by Gasteiger charge is 2.19. The van der Waals surface area contributed by atoms with Crippen molar-refractivity contribution >= 4 is 37.4 Å². The van der Waals surface area contributed by atoms with Crippen molar-refractivity contribution in [1.29, 1.82) is 0 Å². The number of hydrogen-bond acceptors (Lipinski definition) is 8. The van der Waals surface area contributed by atoms with Crippen LogP contribution in [-0.4, -0.2) is 59.1 Å². The number of nitrogens with one attached hydrogen (secondary N) is 4. The summed E-state index contributed by atoms with van der Waals surface area (Å²) in [5.74, 6) is 2.30. The Kier molecular flexibility index (Phi) is 8.99. The quantitative estimate of drug-likeness (QED) is 0.326. The lowest BCUT2D eigenvalue weighted by molar-refractivity contribution is -0.118. The molecule has 1 aliphatic rings. The van der Waals surface area contributed by atoms with E-state index < -0.39 is 9.05 Å². The maximum absolute atomic E-state index is 10.8. The van der Waals surface area contributed by atoms with Crippen LogP contribution in [-0.2, 0) is 26.0 Å². The Morgan fingerprint density at radius 1 is 1.21 bits per heavy atom. The second-order valence-electron chi connectivity index (χ2n) is 5.74. The summed E-state index contributed by atoms with van der Waals surface area (Å²) in [7, 11) is 1.48. The molecule has 0 radical (unpaired) electrons. The van der Waals surface area contributed by atoms with E-state index in [0.29, 0.717) is 0 Å². The van der Waals surface area contributed by atoms with E-state index in [2.05, 4.69) is 38.3 Å². The van der Waals surface area contributed by atoms with Crippen LogP contribution in [0, 0.1) is 0 Å². The predicted molar refractivity (Wildman–Crippen MR) is 108 cm³/mol. The minimum atomic E-state index is -3.48. The second kappa shape index (κ2) is 11.2. The number of halogens is 1. The van der Waals surface area contributed by atoms with Crippen molar-refractivity contribution in [2.24, 2.45) is 0 Å². The number of aromatic nitrogens is 3. The van der Waals surface area contributed by atoms with Gasteiger partial charge in [0.25, 0.3) is 5.91 Å². The fraction of sp³-hybridized carbons (Fsp3) is 0.400. The molecule has 3 rings (SSSR count). The van der Waals surface area contributed by atoms with Crippen molar-refractivity contribution in [2.45, 2.75) is 12.2 Å². The molecule has 1 fully saturated rings. The van der Waals surface area contributed by atoms with Gasteiger partial charge >= 0.3 is 5.69 Å². The lowest BCUT2D eigenvalue weighted by Gasteiger charge is -2.10. The molecule has 1 saturated heterocycles. The van der Waals surface area contributed by atoms with E-state index in [0.717, 1.165) is 23.8 Å². The number of hydrazine groups is 2. The zero-order valence-corrected chi connectivity index (χ0v) is 17.2. The molecule has 154 valence electrons. The second-order valence-corrected chi connectivity index (χ2v) is 9.74. The average molecular weight is 449 g/mol. The molecule has 28 heavy (non-hydrogen) atoms. The van der Waals surface area contributed by atoms with Crippen molar-refractivity contribution in [2.75, 3.05) is 24.6 Å². The van der Waals surface area contributed by atoms with E-state index >= 15 is 0 Å².